The lowest BCUT2D eigenvalue weighted by molar-refractivity contribution is 0.102. The monoisotopic (exact) mass is 378 g/mol. The van der Waals surface area contributed by atoms with Gasteiger partial charge in [0.25, 0.3) is 5.91 Å². The Balaban J connectivity index is 1.54. The summed E-state index contributed by atoms with van der Waals surface area (Å²) >= 11 is 0. The van der Waals surface area contributed by atoms with Crippen molar-refractivity contribution in [1.82, 2.24) is 9.88 Å². The number of hydrogen-bond donors (Lipinski definition) is 2. The second-order valence-electron chi connectivity index (χ2n) is 7.03. The van der Waals surface area contributed by atoms with Crippen LogP contribution in [0.5, 0.6) is 5.75 Å². The van der Waals surface area contributed by atoms with Crippen LogP contribution in [0.3, 0.4) is 0 Å². The van der Waals surface area contributed by atoms with Crippen molar-refractivity contribution in [2.45, 2.75) is 6.92 Å². The number of likely N-dealkylation sites (N-methyl/N-ethyl adjacent to an activating group) is 1. The second kappa shape index (κ2) is 7.94. The highest BCUT2D eigenvalue weighted by Gasteiger charge is 2.19. The van der Waals surface area contributed by atoms with Gasteiger partial charge in [-0.15, -0.1) is 0 Å². The second-order valence-corrected chi connectivity index (χ2v) is 7.03. The van der Waals surface area contributed by atoms with Gasteiger partial charge >= 0.3 is 0 Å². The number of anilines is 2. The van der Waals surface area contributed by atoms with Crippen molar-refractivity contribution in [1.29, 1.82) is 0 Å². The predicted molar refractivity (Wildman–Crippen MR) is 114 cm³/mol. The molecule has 1 aliphatic rings. The molecule has 2 N–H and O–H groups in total. The summed E-state index contributed by atoms with van der Waals surface area (Å²) in [5.74, 6) is 0.618. The van der Waals surface area contributed by atoms with Gasteiger partial charge in [0.15, 0.2) is 0 Å². The van der Waals surface area contributed by atoms with Gasteiger partial charge in [0.2, 0.25) is 0 Å². The zero-order valence-electron chi connectivity index (χ0n) is 16.4. The van der Waals surface area contributed by atoms with Crippen LogP contribution in [0, 0.1) is 0 Å². The van der Waals surface area contributed by atoms with Crippen LogP contribution in [0.2, 0.25) is 0 Å². The first-order valence-corrected chi connectivity index (χ1v) is 9.72. The van der Waals surface area contributed by atoms with Crippen LogP contribution >= 0.6 is 0 Å². The Morgan fingerprint density at radius 2 is 1.89 bits per heavy atom. The van der Waals surface area contributed by atoms with E-state index in [0.29, 0.717) is 5.69 Å². The smallest absolute Gasteiger partial charge is 0.272 e. The topological polar surface area (TPSA) is 60.6 Å². The van der Waals surface area contributed by atoms with Crippen LogP contribution in [0.1, 0.15) is 17.4 Å². The van der Waals surface area contributed by atoms with Crippen molar-refractivity contribution < 1.29 is 9.53 Å². The van der Waals surface area contributed by atoms with Gasteiger partial charge in [-0.1, -0.05) is 19.1 Å². The largest absolute Gasteiger partial charge is 0.497 e. The molecule has 1 fully saturated rings. The van der Waals surface area contributed by atoms with Gasteiger partial charge in [0.05, 0.1) is 18.5 Å². The van der Waals surface area contributed by atoms with E-state index in [0.717, 1.165) is 60.8 Å². The fourth-order valence-electron chi connectivity index (χ4n) is 3.71. The highest BCUT2D eigenvalue weighted by atomic mass is 16.5. The molecule has 6 nitrogen and oxygen atoms in total. The number of amides is 1. The number of aromatic nitrogens is 1. The number of H-pyrrole nitrogens is 1. The number of piperazine rings is 1. The molecule has 0 saturated carbocycles. The molecule has 3 aromatic rings. The van der Waals surface area contributed by atoms with Crippen LogP contribution in [0.25, 0.3) is 10.9 Å². The minimum atomic E-state index is -0.144. The molecule has 0 spiro atoms. The molecule has 1 aromatic heterocycles. The third-order valence-electron chi connectivity index (χ3n) is 5.39. The molecule has 146 valence electrons. The quantitative estimate of drug-likeness (QED) is 0.713. The summed E-state index contributed by atoms with van der Waals surface area (Å²) in [6, 6.07) is 15.6. The summed E-state index contributed by atoms with van der Waals surface area (Å²) in [4.78, 5) is 20.8. The van der Waals surface area contributed by atoms with Gasteiger partial charge in [0, 0.05) is 43.1 Å². The number of para-hydroxylation sites is 2. The molecule has 0 unspecified atom stereocenters. The summed E-state index contributed by atoms with van der Waals surface area (Å²) in [5.41, 5.74) is 3.33. The third-order valence-corrected chi connectivity index (χ3v) is 5.39. The minimum absolute atomic E-state index is 0.144. The first kappa shape index (κ1) is 18.4. The van der Waals surface area contributed by atoms with Crippen LogP contribution in [-0.2, 0) is 0 Å². The summed E-state index contributed by atoms with van der Waals surface area (Å²) < 4.78 is 5.26. The van der Waals surface area contributed by atoms with Crippen LogP contribution in [0.15, 0.2) is 48.5 Å². The molecule has 2 heterocycles. The van der Waals surface area contributed by atoms with E-state index in [4.69, 9.17) is 4.74 Å². The van der Waals surface area contributed by atoms with Gasteiger partial charge in [-0.05, 0) is 36.9 Å². The number of hydrogen-bond acceptors (Lipinski definition) is 4. The predicted octanol–water partition coefficient (Wildman–Crippen LogP) is 3.57. The van der Waals surface area contributed by atoms with Crippen molar-refractivity contribution >= 4 is 28.2 Å². The lowest BCUT2D eigenvalue weighted by Gasteiger charge is -2.36. The van der Waals surface area contributed by atoms with E-state index in [1.54, 1.807) is 7.11 Å². The highest BCUT2D eigenvalue weighted by molar-refractivity contribution is 6.07. The molecule has 28 heavy (non-hydrogen) atoms. The lowest BCUT2D eigenvalue weighted by Crippen LogP contribution is -2.46. The van der Waals surface area contributed by atoms with E-state index in [1.165, 1.54) is 0 Å². The van der Waals surface area contributed by atoms with Crippen molar-refractivity contribution in [2.24, 2.45) is 0 Å². The van der Waals surface area contributed by atoms with Crippen molar-refractivity contribution in [3.8, 4) is 5.75 Å². The Labute approximate surface area is 165 Å². The zero-order valence-corrected chi connectivity index (χ0v) is 16.4. The van der Waals surface area contributed by atoms with Crippen molar-refractivity contribution in [2.75, 3.05) is 50.1 Å². The van der Waals surface area contributed by atoms with Crippen molar-refractivity contribution in [3.05, 3.63) is 54.2 Å². The van der Waals surface area contributed by atoms with E-state index in [9.17, 15) is 4.79 Å². The number of ether oxygens (including phenoxy) is 1. The lowest BCUT2D eigenvalue weighted by atomic mass is 10.2. The average Bonchev–Trinajstić information content (AvgIpc) is 3.17. The third kappa shape index (κ3) is 3.68. The van der Waals surface area contributed by atoms with E-state index < -0.39 is 0 Å². The van der Waals surface area contributed by atoms with Gasteiger partial charge < -0.3 is 24.8 Å². The molecule has 6 heteroatoms. The fraction of sp³-hybridized carbons (Fsp3) is 0.318. The van der Waals surface area contributed by atoms with E-state index in [-0.39, 0.29) is 5.91 Å². The number of nitrogens with zero attached hydrogens (tertiary/aromatic N) is 2. The Kier molecular flexibility index (Phi) is 5.21. The van der Waals surface area contributed by atoms with Gasteiger partial charge in [0.1, 0.15) is 11.4 Å². The molecule has 1 saturated heterocycles. The first-order chi connectivity index (χ1) is 13.7. The Morgan fingerprint density at radius 3 is 2.64 bits per heavy atom. The van der Waals surface area contributed by atoms with Crippen LogP contribution in [-0.4, -0.2) is 55.6 Å². The number of rotatable bonds is 5. The summed E-state index contributed by atoms with van der Waals surface area (Å²) in [7, 11) is 1.63. The Morgan fingerprint density at radius 1 is 1.11 bits per heavy atom. The van der Waals surface area contributed by atoms with E-state index in [2.05, 4.69) is 33.1 Å². The highest BCUT2D eigenvalue weighted by Crippen LogP contribution is 2.28. The SMILES string of the molecule is CCN1CCN(c2ccccc2NC(=O)c2cc3ccc(OC)cc3[nH]2)CC1. The molecule has 2 aromatic carbocycles. The van der Waals surface area contributed by atoms with E-state index in [1.807, 2.05) is 42.5 Å². The molecular formula is C22H26N4O2. The summed E-state index contributed by atoms with van der Waals surface area (Å²) in [6.45, 7) is 7.29. The standard InChI is InChI=1S/C22H26N4O2/c1-3-25-10-12-26(13-11-25)21-7-5-4-6-18(21)24-22(27)20-14-16-8-9-17(28-2)15-19(16)23-20/h4-9,14-15,23H,3,10-13H2,1-2H3,(H,24,27). The van der Waals surface area contributed by atoms with Crippen LogP contribution in [0.4, 0.5) is 11.4 Å². The molecule has 0 aliphatic carbocycles. The Bertz CT molecular complexity index is 974. The van der Waals surface area contributed by atoms with Crippen molar-refractivity contribution in [3.63, 3.8) is 0 Å². The number of nitrogens with one attached hydrogen (secondary N) is 2. The number of fused-ring (bicyclic) bond motifs is 1. The van der Waals surface area contributed by atoms with Gasteiger partial charge in [-0.2, -0.15) is 0 Å². The average molecular weight is 378 g/mol. The van der Waals surface area contributed by atoms with Gasteiger partial charge in [-0.25, -0.2) is 0 Å². The molecule has 0 atom stereocenters. The molecule has 0 bridgehead atoms. The number of aromatic amines is 1. The molecular weight excluding hydrogens is 352 g/mol. The maximum atomic E-state index is 12.9. The maximum absolute atomic E-state index is 12.9. The summed E-state index contributed by atoms with van der Waals surface area (Å²) in [5, 5.41) is 4.06. The van der Waals surface area contributed by atoms with E-state index >= 15 is 0 Å². The molecule has 4 rings (SSSR count). The van der Waals surface area contributed by atoms with Gasteiger partial charge in [-0.3, -0.25) is 4.79 Å². The number of carbonyl (C=O) groups excluding carboxylic acids is 1. The summed E-state index contributed by atoms with van der Waals surface area (Å²) in [6.07, 6.45) is 0. The number of carbonyl (C=O) groups is 1. The minimum Gasteiger partial charge on any atom is -0.497 e. The number of benzene rings is 2. The number of methoxy groups -OCH3 is 1. The van der Waals surface area contributed by atoms with Crippen LogP contribution < -0.4 is 15.0 Å². The molecule has 1 aliphatic heterocycles. The zero-order chi connectivity index (χ0) is 19.5. The first-order valence-electron chi connectivity index (χ1n) is 9.72. The molecule has 0 radical (unpaired) electrons. The normalized spacial score (nSPS) is 15.0. The molecule has 1 amide bonds. The maximum Gasteiger partial charge on any atom is 0.272 e. The fourth-order valence-corrected chi connectivity index (χ4v) is 3.71. The Hall–Kier alpha value is -2.99.